The molecule has 16 heavy (non-hydrogen) atoms. The highest BCUT2D eigenvalue weighted by Gasteiger charge is 2.34. The summed E-state index contributed by atoms with van der Waals surface area (Å²) in [4.78, 5) is 0. The molecule has 1 N–H and O–H groups in total. The Kier molecular flexibility index (Phi) is 2.17. The summed E-state index contributed by atoms with van der Waals surface area (Å²) in [5.41, 5.74) is 1.17. The summed E-state index contributed by atoms with van der Waals surface area (Å²) in [7, 11) is 1.95. The second kappa shape index (κ2) is 3.56. The Bertz CT molecular complexity index is 419. The van der Waals surface area contributed by atoms with Crippen molar-refractivity contribution in [2.45, 2.75) is 25.5 Å². The van der Waals surface area contributed by atoms with Gasteiger partial charge in [0.2, 0.25) is 6.79 Å². The summed E-state index contributed by atoms with van der Waals surface area (Å²) in [5.74, 6) is 2.51. The number of nitrogens with one attached hydrogen (secondary N) is 1. The van der Waals surface area contributed by atoms with Crippen LogP contribution in [-0.2, 0) is 0 Å². The Morgan fingerprint density at radius 2 is 2.00 bits per heavy atom. The maximum absolute atomic E-state index is 5.89. The zero-order valence-electron chi connectivity index (χ0n) is 9.45. The van der Waals surface area contributed by atoms with Crippen molar-refractivity contribution in [2.24, 2.45) is 0 Å². The molecule has 2 unspecified atom stereocenters. The zero-order chi connectivity index (χ0) is 11.1. The molecule has 0 fully saturated rings. The fraction of sp³-hybridized carbons (Fsp3) is 0.500. The van der Waals surface area contributed by atoms with Crippen molar-refractivity contribution in [3.63, 3.8) is 0 Å². The molecule has 0 saturated carbocycles. The van der Waals surface area contributed by atoms with Crippen LogP contribution in [0.1, 0.15) is 24.9 Å². The largest absolute Gasteiger partial charge is 0.488 e. The molecule has 0 aliphatic carbocycles. The first-order valence-corrected chi connectivity index (χ1v) is 5.61. The molecule has 0 amide bonds. The minimum atomic E-state index is 0.197. The Labute approximate surface area is 94.5 Å². The number of likely N-dealkylation sites (N-methyl/N-ethyl adjacent to an activating group) is 1. The monoisotopic (exact) mass is 221 g/mol. The van der Waals surface area contributed by atoms with Gasteiger partial charge in [-0.05, 0) is 19.5 Å². The lowest BCUT2D eigenvalue weighted by molar-refractivity contribution is 0.171. The number of hydrogen-bond donors (Lipinski definition) is 1. The third kappa shape index (κ3) is 1.26. The van der Waals surface area contributed by atoms with Gasteiger partial charge < -0.3 is 19.5 Å². The number of benzene rings is 1. The maximum atomic E-state index is 5.89. The molecule has 2 aliphatic rings. The Hall–Kier alpha value is -1.42. The molecule has 0 radical (unpaired) electrons. The van der Waals surface area contributed by atoms with E-state index < -0.39 is 0 Å². The van der Waals surface area contributed by atoms with Crippen LogP contribution in [0.4, 0.5) is 0 Å². The molecule has 3 rings (SSSR count). The van der Waals surface area contributed by atoms with E-state index in [1.54, 1.807) is 0 Å². The maximum Gasteiger partial charge on any atom is 0.231 e. The Morgan fingerprint density at radius 1 is 1.25 bits per heavy atom. The fourth-order valence-electron chi connectivity index (χ4n) is 2.38. The van der Waals surface area contributed by atoms with Crippen LogP contribution in [-0.4, -0.2) is 19.9 Å². The molecular weight excluding hydrogens is 206 g/mol. The van der Waals surface area contributed by atoms with Gasteiger partial charge in [-0.2, -0.15) is 0 Å². The molecule has 0 aromatic heterocycles. The van der Waals surface area contributed by atoms with E-state index in [0.717, 1.165) is 23.7 Å². The summed E-state index contributed by atoms with van der Waals surface area (Å²) in [6.07, 6.45) is 1.18. The molecule has 1 aromatic carbocycles. The van der Waals surface area contributed by atoms with Crippen LogP contribution in [0.2, 0.25) is 0 Å². The van der Waals surface area contributed by atoms with Gasteiger partial charge in [0.1, 0.15) is 11.9 Å². The van der Waals surface area contributed by atoms with E-state index in [1.165, 1.54) is 5.56 Å². The smallest absolute Gasteiger partial charge is 0.231 e. The quantitative estimate of drug-likeness (QED) is 0.827. The van der Waals surface area contributed by atoms with Crippen molar-refractivity contribution < 1.29 is 14.2 Å². The van der Waals surface area contributed by atoms with Crippen LogP contribution in [0.3, 0.4) is 0 Å². The van der Waals surface area contributed by atoms with Crippen molar-refractivity contribution in [3.05, 3.63) is 17.7 Å². The van der Waals surface area contributed by atoms with Crippen molar-refractivity contribution in [1.82, 2.24) is 5.32 Å². The van der Waals surface area contributed by atoms with Gasteiger partial charge in [-0.3, -0.25) is 0 Å². The number of fused-ring (bicyclic) bond motifs is 2. The molecule has 86 valence electrons. The van der Waals surface area contributed by atoms with Crippen LogP contribution < -0.4 is 19.5 Å². The summed E-state index contributed by atoms with van der Waals surface area (Å²) in [6.45, 7) is 2.43. The SMILES string of the molecule is CCC1Oc2cc3c(cc2C1NC)OCO3. The van der Waals surface area contributed by atoms with Gasteiger partial charge in [-0.15, -0.1) is 0 Å². The van der Waals surface area contributed by atoms with E-state index in [1.807, 2.05) is 19.2 Å². The lowest BCUT2D eigenvalue weighted by atomic mass is 10.0. The first kappa shape index (κ1) is 9.78. The predicted octanol–water partition coefficient (Wildman–Crippen LogP) is 1.85. The summed E-state index contributed by atoms with van der Waals surface area (Å²) in [5, 5.41) is 3.29. The highest BCUT2D eigenvalue weighted by Crippen LogP contribution is 2.45. The van der Waals surface area contributed by atoms with E-state index in [0.29, 0.717) is 6.79 Å². The third-order valence-electron chi connectivity index (χ3n) is 3.20. The highest BCUT2D eigenvalue weighted by atomic mass is 16.7. The van der Waals surface area contributed by atoms with Gasteiger partial charge in [0.15, 0.2) is 11.5 Å². The van der Waals surface area contributed by atoms with E-state index in [9.17, 15) is 0 Å². The van der Waals surface area contributed by atoms with Gasteiger partial charge in [0.25, 0.3) is 0 Å². The Morgan fingerprint density at radius 3 is 2.69 bits per heavy atom. The Balaban J connectivity index is 2.03. The van der Waals surface area contributed by atoms with E-state index in [2.05, 4.69) is 12.2 Å². The van der Waals surface area contributed by atoms with Crippen molar-refractivity contribution in [3.8, 4) is 17.2 Å². The average Bonchev–Trinajstić information content (AvgIpc) is 2.87. The standard InChI is InChI=1S/C12H15NO3/c1-3-8-12(13-2)7-4-10-11(15-6-14-10)5-9(7)16-8/h4-5,8,12-13H,3,6H2,1-2H3. The molecule has 4 nitrogen and oxygen atoms in total. The summed E-state index contributed by atoms with van der Waals surface area (Å²) < 4.78 is 16.6. The van der Waals surface area contributed by atoms with Crippen molar-refractivity contribution >= 4 is 0 Å². The van der Waals surface area contributed by atoms with Crippen molar-refractivity contribution in [2.75, 3.05) is 13.8 Å². The summed E-state index contributed by atoms with van der Waals surface area (Å²) in [6, 6.07) is 4.20. The molecular formula is C12H15NO3. The van der Waals surface area contributed by atoms with Gasteiger partial charge in [0.05, 0.1) is 6.04 Å². The van der Waals surface area contributed by atoms with Crippen LogP contribution >= 0.6 is 0 Å². The second-order valence-electron chi connectivity index (χ2n) is 4.07. The predicted molar refractivity (Wildman–Crippen MR) is 59.1 cm³/mol. The highest BCUT2D eigenvalue weighted by molar-refractivity contribution is 5.54. The molecule has 1 aromatic rings. The first-order chi connectivity index (χ1) is 7.83. The number of rotatable bonds is 2. The third-order valence-corrected chi connectivity index (χ3v) is 3.20. The molecule has 2 heterocycles. The van der Waals surface area contributed by atoms with Crippen molar-refractivity contribution in [1.29, 1.82) is 0 Å². The van der Waals surface area contributed by atoms with E-state index in [4.69, 9.17) is 14.2 Å². The van der Waals surface area contributed by atoms with Crippen LogP contribution in [0, 0.1) is 0 Å². The molecule has 0 saturated heterocycles. The molecule has 2 aliphatic heterocycles. The van der Waals surface area contributed by atoms with Crippen LogP contribution in [0.15, 0.2) is 12.1 Å². The topological polar surface area (TPSA) is 39.7 Å². The van der Waals surface area contributed by atoms with Crippen LogP contribution in [0.5, 0.6) is 17.2 Å². The fourth-order valence-corrected chi connectivity index (χ4v) is 2.38. The minimum absolute atomic E-state index is 0.197. The van der Waals surface area contributed by atoms with Gasteiger partial charge in [0, 0.05) is 11.6 Å². The lowest BCUT2D eigenvalue weighted by Gasteiger charge is -2.16. The van der Waals surface area contributed by atoms with E-state index in [-0.39, 0.29) is 12.1 Å². The normalized spacial score (nSPS) is 25.4. The number of hydrogen-bond acceptors (Lipinski definition) is 4. The zero-order valence-corrected chi connectivity index (χ0v) is 9.45. The van der Waals surface area contributed by atoms with Crippen LogP contribution in [0.25, 0.3) is 0 Å². The molecule has 4 heteroatoms. The molecule has 0 bridgehead atoms. The minimum Gasteiger partial charge on any atom is -0.488 e. The second-order valence-corrected chi connectivity index (χ2v) is 4.07. The van der Waals surface area contributed by atoms with Gasteiger partial charge >= 0.3 is 0 Å². The number of ether oxygens (including phenoxy) is 3. The van der Waals surface area contributed by atoms with Gasteiger partial charge in [-0.25, -0.2) is 0 Å². The first-order valence-electron chi connectivity index (χ1n) is 5.61. The average molecular weight is 221 g/mol. The van der Waals surface area contributed by atoms with E-state index >= 15 is 0 Å². The summed E-state index contributed by atoms with van der Waals surface area (Å²) >= 11 is 0. The van der Waals surface area contributed by atoms with Gasteiger partial charge in [-0.1, -0.05) is 6.92 Å². The molecule has 0 spiro atoms. The molecule has 2 atom stereocenters. The lowest BCUT2D eigenvalue weighted by Crippen LogP contribution is -2.27.